The molecule has 9 heteroatoms. The summed E-state index contributed by atoms with van der Waals surface area (Å²) in [6, 6.07) is -0.769. The lowest BCUT2D eigenvalue weighted by Gasteiger charge is -2.24. The van der Waals surface area contributed by atoms with E-state index in [-0.39, 0.29) is 0 Å². The van der Waals surface area contributed by atoms with E-state index < -0.39 is 35.6 Å². The Kier molecular flexibility index (Phi) is 4.51. The summed E-state index contributed by atoms with van der Waals surface area (Å²) in [5.41, 5.74) is -2.50. The van der Waals surface area contributed by atoms with E-state index in [0.29, 0.717) is 12.1 Å². The quantitative estimate of drug-likeness (QED) is 0.809. The van der Waals surface area contributed by atoms with Gasteiger partial charge in [0.25, 0.3) is 0 Å². The van der Waals surface area contributed by atoms with Crippen molar-refractivity contribution in [1.29, 1.82) is 0 Å². The Labute approximate surface area is 110 Å². The Hall–Kier alpha value is -1.93. The molecule has 2 N–H and O–H groups in total. The van der Waals surface area contributed by atoms with Crippen LogP contribution in [0.25, 0.3) is 0 Å². The topological polar surface area (TPSA) is 41.1 Å². The van der Waals surface area contributed by atoms with Gasteiger partial charge >= 0.3 is 18.4 Å². The molecule has 1 aromatic carbocycles. The minimum absolute atomic E-state index is 0.527. The van der Waals surface area contributed by atoms with Gasteiger partial charge in [0.1, 0.15) is 0 Å². The van der Waals surface area contributed by atoms with Crippen molar-refractivity contribution in [3.05, 3.63) is 35.4 Å². The van der Waals surface area contributed by atoms with Crippen LogP contribution in [0.4, 0.5) is 31.1 Å². The number of carbonyl (C=O) groups excluding carboxylic acids is 1. The second-order valence-electron chi connectivity index (χ2n) is 3.78. The molecule has 0 radical (unpaired) electrons. The van der Waals surface area contributed by atoms with Crippen molar-refractivity contribution < 1.29 is 31.1 Å². The van der Waals surface area contributed by atoms with Gasteiger partial charge in [-0.3, -0.25) is 0 Å². The lowest BCUT2D eigenvalue weighted by Crippen LogP contribution is -2.43. The third-order valence-corrected chi connectivity index (χ3v) is 2.41. The number of nitrogens with one attached hydrogen (secondary N) is 2. The molecule has 0 heterocycles. The molecule has 0 aromatic heterocycles. The van der Waals surface area contributed by atoms with Gasteiger partial charge in [-0.1, -0.05) is 18.2 Å². The average Bonchev–Trinajstić information content (AvgIpc) is 2.33. The zero-order valence-electron chi connectivity index (χ0n) is 10.1. The van der Waals surface area contributed by atoms with E-state index in [0.717, 1.165) is 19.2 Å². The maximum Gasteiger partial charge on any atom is 0.416 e. The molecule has 112 valence electrons. The first-order valence-corrected chi connectivity index (χ1v) is 5.28. The van der Waals surface area contributed by atoms with Crippen LogP contribution >= 0.6 is 0 Å². The molecule has 0 aliphatic carbocycles. The Morgan fingerprint density at radius 1 is 1.10 bits per heavy atom. The summed E-state index contributed by atoms with van der Waals surface area (Å²) in [6.07, 6.45) is -10.0. The standard InChI is InChI=1S/C11H10F6N2O/c1-18-9(20)19-8(11(15,16)17)6-4-2-3-5-7(6)10(12,13)14/h2-5,8H,1H3,(H2,18,19,20)/t8-/m0/s1. The second-order valence-corrected chi connectivity index (χ2v) is 3.78. The van der Waals surface area contributed by atoms with Crippen LogP contribution in [-0.4, -0.2) is 19.3 Å². The molecule has 0 fully saturated rings. The fourth-order valence-electron chi connectivity index (χ4n) is 1.55. The maximum absolute atomic E-state index is 12.9. The number of urea groups is 1. The van der Waals surface area contributed by atoms with E-state index in [1.165, 1.54) is 5.32 Å². The van der Waals surface area contributed by atoms with Crippen LogP contribution in [0, 0.1) is 0 Å². The van der Waals surface area contributed by atoms with Crippen LogP contribution in [0.2, 0.25) is 0 Å². The molecule has 0 saturated carbocycles. The molecule has 0 aliphatic rings. The van der Waals surface area contributed by atoms with Gasteiger partial charge in [-0.05, 0) is 11.6 Å². The van der Waals surface area contributed by atoms with Crippen molar-refractivity contribution in [3.8, 4) is 0 Å². The number of amides is 2. The van der Waals surface area contributed by atoms with Crippen molar-refractivity contribution in [1.82, 2.24) is 10.6 Å². The molecule has 1 atom stereocenters. The third kappa shape index (κ3) is 3.78. The first-order valence-electron chi connectivity index (χ1n) is 5.28. The summed E-state index contributed by atoms with van der Waals surface area (Å²) >= 11 is 0. The molecule has 2 amide bonds. The normalized spacial score (nSPS) is 13.8. The van der Waals surface area contributed by atoms with E-state index in [1.54, 1.807) is 0 Å². The summed E-state index contributed by atoms with van der Waals surface area (Å²) < 4.78 is 76.7. The molecule has 3 nitrogen and oxygen atoms in total. The maximum atomic E-state index is 12.9. The molecular formula is C11H10F6N2O. The number of hydrogen-bond acceptors (Lipinski definition) is 1. The third-order valence-electron chi connectivity index (χ3n) is 2.41. The SMILES string of the molecule is CNC(=O)N[C@@H](c1ccccc1C(F)(F)F)C(F)(F)F. The fraction of sp³-hybridized carbons (Fsp3) is 0.364. The van der Waals surface area contributed by atoms with Crippen LogP contribution in [0.15, 0.2) is 24.3 Å². The highest BCUT2D eigenvalue weighted by Gasteiger charge is 2.46. The van der Waals surface area contributed by atoms with E-state index in [1.807, 2.05) is 5.32 Å². The second kappa shape index (κ2) is 5.59. The highest BCUT2D eigenvalue weighted by Crippen LogP contribution is 2.40. The summed E-state index contributed by atoms with van der Waals surface area (Å²) in [5, 5.41) is 3.32. The van der Waals surface area contributed by atoms with Crippen LogP contribution in [-0.2, 0) is 6.18 Å². The van der Waals surface area contributed by atoms with Crippen LogP contribution in [0.1, 0.15) is 17.2 Å². The van der Waals surface area contributed by atoms with Crippen LogP contribution in [0.3, 0.4) is 0 Å². The zero-order valence-corrected chi connectivity index (χ0v) is 10.1. The number of carbonyl (C=O) groups is 1. The Morgan fingerprint density at radius 2 is 1.65 bits per heavy atom. The van der Waals surface area contributed by atoms with Gasteiger partial charge in [0.2, 0.25) is 0 Å². The van der Waals surface area contributed by atoms with Crippen molar-refractivity contribution in [2.45, 2.75) is 18.4 Å². The Morgan fingerprint density at radius 3 is 2.10 bits per heavy atom. The molecule has 0 saturated heterocycles. The lowest BCUT2D eigenvalue weighted by molar-refractivity contribution is -0.160. The number of alkyl halides is 6. The summed E-state index contributed by atoms with van der Waals surface area (Å²) in [6.45, 7) is 0. The Bertz CT molecular complexity index is 483. The largest absolute Gasteiger partial charge is 0.416 e. The van der Waals surface area contributed by atoms with Crippen LogP contribution in [0.5, 0.6) is 0 Å². The first-order chi connectivity index (χ1) is 9.07. The zero-order chi connectivity index (χ0) is 15.6. The molecule has 1 aromatic rings. The number of halogens is 6. The van der Waals surface area contributed by atoms with E-state index in [2.05, 4.69) is 0 Å². The number of hydrogen-bond donors (Lipinski definition) is 2. The van der Waals surface area contributed by atoms with Gasteiger partial charge in [0.05, 0.1) is 5.56 Å². The molecule has 20 heavy (non-hydrogen) atoms. The molecule has 0 aliphatic heterocycles. The first kappa shape index (κ1) is 16.1. The van der Waals surface area contributed by atoms with Gasteiger partial charge in [-0.2, -0.15) is 26.3 Å². The highest BCUT2D eigenvalue weighted by atomic mass is 19.4. The van der Waals surface area contributed by atoms with Gasteiger partial charge < -0.3 is 10.6 Å². The molecular weight excluding hydrogens is 290 g/mol. The monoisotopic (exact) mass is 300 g/mol. The average molecular weight is 300 g/mol. The van der Waals surface area contributed by atoms with Crippen molar-refractivity contribution in [2.75, 3.05) is 7.05 Å². The molecule has 0 bridgehead atoms. The lowest BCUT2D eigenvalue weighted by atomic mass is 9.99. The minimum atomic E-state index is -5.06. The fourth-order valence-corrected chi connectivity index (χ4v) is 1.55. The molecule has 0 spiro atoms. The van der Waals surface area contributed by atoms with Crippen molar-refractivity contribution in [3.63, 3.8) is 0 Å². The van der Waals surface area contributed by atoms with Gasteiger partial charge in [-0.15, -0.1) is 0 Å². The number of rotatable bonds is 2. The van der Waals surface area contributed by atoms with Gasteiger partial charge in [0.15, 0.2) is 6.04 Å². The van der Waals surface area contributed by atoms with Gasteiger partial charge in [0, 0.05) is 7.05 Å². The molecule has 1 rings (SSSR count). The van der Waals surface area contributed by atoms with E-state index in [9.17, 15) is 31.1 Å². The number of benzene rings is 1. The summed E-state index contributed by atoms with van der Waals surface area (Å²) in [7, 11) is 1.05. The minimum Gasteiger partial charge on any atom is -0.341 e. The summed E-state index contributed by atoms with van der Waals surface area (Å²) in [4.78, 5) is 11.0. The van der Waals surface area contributed by atoms with Crippen molar-refractivity contribution >= 4 is 6.03 Å². The summed E-state index contributed by atoms with van der Waals surface area (Å²) in [5.74, 6) is 0. The van der Waals surface area contributed by atoms with E-state index in [4.69, 9.17) is 0 Å². The van der Waals surface area contributed by atoms with Crippen LogP contribution < -0.4 is 10.6 Å². The van der Waals surface area contributed by atoms with E-state index >= 15 is 0 Å². The smallest absolute Gasteiger partial charge is 0.341 e. The Balaban J connectivity index is 3.32. The molecule has 0 unspecified atom stereocenters. The van der Waals surface area contributed by atoms with Gasteiger partial charge in [-0.25, -0.2) is 4.79 Å². The highest BCUT2D eigenvalue weighted by molar-refractivity contribution is 5.74. The van der Waals surface area contributed by atoms with Crippen molar-refractivity contribution in [2.24, 2.45) is 0 Å². The predicted molar refractivity (Wildman–Crippen MR) is 57.8 cm³/mol. The predicted octanol–water partition coefficient (Wildman–Crippen LogP) is 3.24.